The third-order valence-corrected chi connectivity index (χ3v) is 3.79. The quantitative estimate of drug-likeness (QED) is 0.828. The molecule has 1 amide bonds. The number of nitrogens with one attached hydrogen (secondary N) is 1. The minimum atomic E-state index is -0.312. The van der Waals surface area contributed by atoms with Crippen molar-refractivity contribution in [2.75, 3.05) is 5.32 Å². The molecule has 0 aliphatic rings. The van der Waals surface area contributed by atoms with Gasteiger partial charge in [-0.25, -0.2) is 0 Å². The zero-order valence-corrected chi connectivity index (χ0v) is 12.5. The zero-order chi connectivity index (χ0) is 13.7. The minimum absolute atomic E-state index is 0.0777. The van der Waals surface area contributed by atoms with Gasteiger partial charge in [-0.1, -0.05) is 63.9 Å². The molecule has 0 bridgehead atoms. The van der Waals surface area contributed by atoms with Gasteiger partial charge in [0, 0.05) is 10.7 Å². The number of amides is 1. The fourth-order valence-corrected chi connectivity index (χ4v) is 2.37. The fourth-order valence-electron chi connectivity index (χ4n) is 1.69. The van der Waals surface area contributed by atoms with Crippen molar-refractivity contribution in [1.82, 2.24) is 0 Å². The molecule has 19 heavy (non-hydrogen) atoms. The lowest BCUT2D eigenvalue weighted by Crippen LogP contribution is -2.24. The molecule has 0 saturated heterocycles. The first-order valence-electron chi connectivity index (χ1n) is 5.90. The van der Waals surface area contributed by atoms with Crippen molar-refractivity contribution in [3.05, 3.63) is 65.2 Å². The van der Waals surface area contributed by atoms with Crippen LogP contribution in [-0.4, -0.2) is 10.7 Å². The average Bonchev–Trinajstić information content (AvgIpc) is 2.42. The van der Waals surface area contributed by atoms with Crippen LogP contribution >= 0.6 is 27.5 Å². The maximum absolute atomic E-state index is 12.0. The molecule has 0 saturated carbocycles. The van der Waals surface area contributed by atoms with E-state index in [0.717, 1.165) is 11.3 Å². The lowest BCUT2D eigenvalue weighted by molar-refractivity contribution is -0.115. The molecule has 1 N–H and O–H groups in total. The predicted octanol–water partition coefficient (Wildman–Crippen LogP) is 4.28. The fraction of sp³-hybridized carbons (Fsp3) is 0.133. The molecule has 0 aliphatic heterocycles. The van der Waals surface area contributed by atoms with E-state index in [4.69, 9.17) is 11.6 Å². The Balaban J connectivity index is 1.98. The highest BCUT2D eigenvalue weighted by Crippen LogP contribution is 2.20. The number of halogens is 2. The van der Waals surface area contributed by atoms with E-state index in [0.29, 0.717) is 11.4 Å². The van der Waals surface area contributed by atoms with Crippen molar-refractivity contribution in [2.45, 2.75) is 11.2 Å². The lowest BCUT2D eigenvalue weighted by Gasteiger charge is -2.11. The monoisotopic (exact) mass is 337 g/mol. The van der Waals surface area contributed by atoms with E-state index in [1.54, 1.807) is 0 Å². The van der Waals surface area contributed by atoms with Crippen LogP contribution in [0.4, 0.5) is 5.69 Å². The van der Waals surface area contributed by atoms with Gasteiger partial charge in [0.05, 0.1) is 4.83 Å². The third kappa shape index (κ3) is 4.08. The second-order valence-electron chi connectivity index (χ2n) is 4.12. The van der Waals surface area contributed by atoms with Gasteiger partial charge in [-0.05, 0) is 30.2 Å². The molecule has 0 unspecified atom stereocenters. The van der Waals surface area contributed by atoms with Gasteiger partial charge in [0.15, 0.2) is 0 Å². The summed E-state index contributed by atoms with van der Waals surface area (Å²) in [4.78, 5) is 11.7. The van der Waals surface area contributed by atoms with Crippen LogP contribution in [0.1, 0.15) is 5.56 Å². The van der Waals surface area contributed by atoms with Crippen molar-refractivity contribution >= 4 is 39.1 Å². The van der Waals surface area contributed by atoms with Gasteiger partial charge in [0.2, 0.25) is 5.91 Å². The molecular formula is C15H13BrClNO. The highest BCUT2D eigenvalue weighted by Gasteiger charge is 2.16. The molecule has 2 rings (SSSR count). The number of carbonyl (C=O) groups excluding carboxylic acids is 1. The molecule has 0 fully saturated rings. The molecule has 98 valence electrons. The number of hydrogen-bond acceptors (Lipinski definition) is 1. The minimum Gasteiger partial charge on any atom is -0.325 e. The topological polar surface area (TPSA) is 29.1 Å². The Kier molecular flexibility index (Phi) is 5.00. The van der Waals surface area contributed by atoms with Crippen LogP contribution in [0.2, 0.25) is 5.02 Å². The first-order chi connectivity index (χ1) is 9.16. The van der Waals surface area contributed by atoms with Crippen LogP contribution in [0.3, 0.4) is 0 Å². The second-order valence-corrected chi connectivity index (χ2v) is 5.63. The van der Waals surface area contributed by atoms with Crippen molar-refractivity contribution in [3.8, 4) is 0 Å². The summed E-state index contributed by atoms with van der Waals surface area (Å²) in [5.41, 5.74) is 1.74. The van der Waals surface area contributed by atoms with E-state index < -0.39 is 0 Å². The second kappa shape index (κ2) is 6.73. The largest absolute Gasteiger partial charge is 0.325 e. The molecule has 2 aromatic carbocycles. The number of benzene rings is 2. The van der Waals surface area contributed by atoms with E-state index in [1.165, 1.54) is 0 Å². The maximum Gasteiger partial charge on any atom is 0.238 e. The zero-order valence-electron chi connectivity index (χ0n) is 10.1. The Labute approximate surface area is 125 Å². The summed E-state index contributed by atoms with van der Waals surface area (Å²) in [5.74, 6) is -0.0777. The third-order valence-electron chi connectivity index (χ3n) is 2.68. The molecule has 0 aromatic heterocycles. The van der Waals surface area contributed by atoms with Crippen LogP contribution in [-0.2, 0) is 11.2 Å². The Morgan fingerprint density at radius 3 is 2.42 bits per heavy atom. The van der Waals surface area contributed by atoms with Crippen molar-refractivity contribution in [3.63, 3.8) is 0 Å². The number of rotatable bonds is 4. The predicted molar refractivity (Wildman–Crippen MR) is 82.9 cm³/mol. The van der Waals surface area contributed by atoms with Crippen molar-refractivity contribution in [2.24, 2.45) is 0 Å². The van der Waals surface area contributed by atoms with Crippen molar-refractivity contribution < 1.29 is 4.79 Å². The van der Waals surface area contributed by atoms with E-state index in [9.17, 15) is 4.79 Å². The number of anilines is 1. The van der Waals surface area contributed by atoms with Crippen LogP contribution in [0.15, 0.2) is 54.6 Å². The van der Waals surface area contributed by atoms with Crippen LogP contribution in [0, 0.1) is 0 Å². The van der Waals surface area contributed by atoms with Crippen LogP contribution in [0.5, 0.6) is 0 Å². The van der Waals surface area contributed by atoms with Gasteiger partial charge in [-0.15, -0.1) is 0 Å². The molecule has 0 aliphatic carbocycles. The molecule has 4 heteroatoms. The number of para-hydroxylation sites is 1. The smallest absolute Gasteiger partial charge is 0.238 e. The van der Waals surface area contributed by atoms with Gasteiger partial charge in [0.25, 0.3) is 0 Å². The summed E-state index contributed by atoms with van der Waals surface area (Å²) in [6.45, 7) is 0. The van der Waals surface area contributed by atoms with E-state index in [1.807, 2.05) is 54.6 Å². The summed E-state index contributed by atoms with van der Waals surface area (Å²) in [6.07, 6.45) is 0.554. The highest BCUT2D eigenvalue weighted by atomic mass is 79.9. The summed E-state index contributed by atoms with van der Waals surface area (Å²) >= 11 is 9.48. The Morgan fingerprint density at radius 2 is 1.74 bits per heavy atom. The SMILES string of the molecule is O=C(Nc1ccccc1)[C@@H](Br)Cc1ccccc1Cl. The van der Waals surface area contributed by atoms with Gasteiger partial charge in [-0.3, -0.25) is 4.79 Å². The van der Waals surface area contributed by atoms with Gasteiger partial charge < -0.3 is 5.32 Å². The molecular weight excluding hydrogens is 326 g/mol. The number of hydrogen-bond donors (Lipinski definition) is 1. The normalized spacial score (nSPS) is 11.9. The molecule has 0 radical (unpaired) electrons. The molecule has 2 nitrogen and oxygen atoms in total. The highest BCUT2D eigenvalue weighted by molar-refractivity contribution is 9.10. The van der Waals surface area contributed by atoms with Gasteiger partial charge >= 0.3 is 0 Å². The molecule has 2 aromatic rings. The first-order valence-corrected chi connectivity index (χ1v) is 7.19. The van der Waals surface area contributed by atoms with E-state index in [2.05, 4.69) is 21.2 Å². The van der Waals surface area contributed by atoms with E-state index in [-0.39, 0.29) is 10.7 Å². The average molecular weight is 339 g/mol. The van der Waals surface area contributed by atoms with Gasteiger partial charge in [-0.2, -0.15) is 0 Å². The van der Waals surface area contributed by atoms with Crippen LogP contribution in [0.25, 0.3) is 0 Å². The summed E-state index contributed by atoms with van der Waals surface area (Å²) < 4.78 is 0. The molecule has 1 atom stereocenters. The maximum atomic E-state index is 12.0. The number of carbonyl (C=O) groups is 1. The Hall–Kier alpha value is -1.32. The Morgan fingerprint density at radius 1 is 1.11 bits per heavy atom. The summed E-state index contributed by atoms with van der Waals surface area (Å²) in [7, 11) is 0. The number of alkyl halides is 1. The molecule has 0 heterocycles. The van der Waals surface area contributed by atoms with E-state index >= 15 is 0 Å². The lowest BCUT2D eigenvalue weighted by atomic mass is 10.1. The summed E-state index contributed by atoms with van der Waals surface area (Å²) in [6, 6.07) is 16.9. The Bertz CT molecular complexity index is 559. The molecule has 0 spiro atoms. The summed E-state index contributed by atoms with van der Waals surface area (Å²) in [5, 5.41) is 3.53. The standard InChI is InChI=1S/C15H13BrClNO/c16-13(10-11-6-4-5-9-14(11)17)15(19)18-12-7-2-1-3-8-12/h1-9,13H,10H2,(H,18,19)/t13-/m0/s1. The van der Waals surface area contributed by atoms with Crippen LogP contribution < -0.4 is 5.32 Å². The first kappa shape index (κ1) is 14.1. The van der Waals surface area contributed by atoms with Crippen molar-refractivity contribution in [1.29, 1.82) is 0 Å². The van der Waals surface area contributed by atoms with Gasteiger partial charge in [0.1, 0.15) is 0 Å².